The molecule has 2 aromatic rings. The van der Waals surface area contributed by atoms with E-state index >= 15 is 0 Å². The Bertz CT molecular complexity index is 1120. The van der Waals surface area contributed by atoms with Crippen LogP contribution in [0.4, 0.5) is 4.39 Å². The summed E-state index contributed by atoms with van der Waals surface area (Å²) >= 11 is 3.59. The second-order valence-corrected chi connectivity index (χ2v) is 9.22. The molecule has 5 rings (SSSR count). The zero-order valence-corrected chi connectivity index (χ0v) is 19.0. The number of ether oxygens (including phenoxy) is 2. The van der Waals surface area contributed by atoms with Crippen LogP contribution in [0, 0.1) is 5.82 Å². The lowest BCUT2D eigenvalue weighted by Crippen LogP contribution is -2.30. The first-order chi connectivity index (χ1) is 15.5. The summed E-state index contributed by atoms with van der Waals surface area (Å²) in [6.07, 6.45) is 3.97. The van der Waals surface area contributed by atoms with Gasteiger partial charge < -0.3 is 9.47 Å². The summed E-state index contributed by atoms with van der Waals surface area (Å²) in [6, 6.07) is 11.9. The second-order valence-electron chi connectivity index (χ2n) is 8.37. The van der Waals surface area contributed by atoms with Crippen molar-refractivity contribution in [1.82, 2.24) is 0 Å². The topological polar surface area (TPSA) is 52.6 Å². The van der Waals surface area contributed by atoms with Crippen LogP contribution in [0.15, 0.2) is 69.6 Å². The molecule has 2 aromatic carbocycles. The highest BCUT2D eigenvalue weighted by atomic mass is 79.9. The fourth-order valence-corrected chi connectivity index (χ4v) is 5.22. The molecule has 0 spiro atoms. The van der Waals surface area contributed by atoms with Gasteiger partial charge in [0.05, 0.1) is 4.47 Å². The highest BCUT2D eigenvalue weighted by molar-refractivity contribution is 9.10. The van der Waals surface area contributed by atoms with E-state index in [9.17, 15) is 14.0 Å². The van der Waals surface area contributed by atoms with Gasteiger partial charge in [0.15, 0.2) is 11.6 Å². The van der Waals surface area contributed by atoms with Crippen molar-refractivity contribution in [2.45, 2.75) is 51.0 Å². The second kappa shape index (κ2) is 8.66. The first-order valence-electron chi connectivity index (χ1n) is 10.9. The summed E-state index contributed by atoms with van der Waals surface area (Å²) in [5.41, 5.74) is 3.01. The molecule has 0 unspecified atom stereocenters. The standard InChI is InChI=1S/C26H22BrFO4/c27-18-13-16(9-12-21(18)31-14-15-7-10-17(28)11-8-15)24-25-19(29)3-1-5-22(25)32-23-6-2-4-20(30)26(23)24/h7-13,24H,1-6,14H2. The lowest BCUT2D eigenvalue weighted by molar-refractivity contribution is -0.117. The highest BCUT2D eigenvalue weighted by Crippen LogP contribution is 2.48. The molecule has 32 heavy (non-hydrogen) atoms. The van der Waals surface area contributed by atoms with Crippen LogP contribution in [0.5, 0.6) is 5.75 Å². The molecule has 0 saturated heterocycles. The Morgan fingerprint density at radius 1 is 0.906 bits per heavy atom. The van der Waals surface area contributed by atoms with Gasteiger partial charge in [0.1, 0.15) is 29.7 Å². The van der Waals surface area contributed by atoms with Crippen LogP contribution < -0.4 is 4.74 Å². The average Bonchev–Trinajstić information content (AvgIpc) is 2.78. The maximum Gasteiger partial charge on any atom is 0.163 e. The van der Waals surface area contributed by atoms with E-state index < -0.39 is 5.92 Å². The molecular weight excluding hydrogens is 475 g/mol. The molecule has 0 atom stereocenters. The van der Waals surface area contributed by atoms with Crippen molar-refractivity contribution in [2.75, 3.05) is 0 Å². The Labute approximate surface area is 194 Å². The van der Waals surface area contributed by atoms with Gasteiger partial charge >= 0.3 is 0 Å². The molecular formula is C26H22BrFO4. The van der Waals surface area contributed by atoms with Crippen LogP contribution in [-0.4, -0.2) is 11.6 Å². The lowest BCUT2D eigenvalue weighted by atomic mass is 9.73. The van der Waals surface area contributed by atoms with Crippen molar-refractivity contribution >= 4 is 27.5 Å². The van der Waals surface area contributed by atoms with Crippen LogP contribution in [0.1, 0.15) is 55.6 Å². The Balaban J connectivity index is 1.48. The number of ketones is 2. The SMILES string of the molecule is O=C1CCCC2=C1C(c1ccc(OCc3ccc(F)cc3)c(Br)c1)C1=C(CCCC1=O)O2. The quantitative estimate of drug-likeness (QED) is 0.498. The Morgan fingerprint density at radius 3 is 2.12 bits per heavy atom. The fraction of sp³-hybridized carbons (Fsp3) is 0.308. The maximum atomic E-state index is 13.1. The lowest BCUT2D eigenvalue weighted by Gasteiger charge is -2.36. The monoisotopic (exact) mass is 496 g/mol. The van der Waals surface area contributed by atoms with Crippen molar-refractivity contribution < 1.29 is 23.5 Å². The molecule has 0 saturated carbocycles. The molecule has 2 aliphatic carbocycles. The van der Waals surface area contributed by atoms with Crippen LogP contribution in [0.25, 0.3) is 0 Å². The third-order valence-electron chi connectivity index (χ3n) is 6.24. The van der Waals surface area contributed by atoms with Gasteiger partial charge in [-0.15, -0.1) is 0 Å². The zero-order chi connectivity index (χ0) is 22.2. The van der Waals surface area contributed by atoms with Gasteiger partial charge in [0, 0.05) is 42.7 Å². The maximum absolute atomic E-state index is 13.1. The van der Waals surface area contributed by atoms with Gasteiger partial charge in [-0.1, -0.05) is 18.2 Å². The van der Waals surface area contributed by atoms with Crippen molar-refractivity contribution in [3.05, 3.63) is 86.5 Å². The molecule has 1 heterocycles. The van der Waals surface area contributed by atoms with Gasteiger partial charge in [-0.3, -0.25) is 9.59 Å². The smallest absolute Gasteiger partial charge is 0.163 e. The largest absolute Gasteiger partial charge is 0.488 e. The Hall–Kier alpha value is -2.73. The molecule has 0 aromatic heterocycles. The third kappa shape index (κ3) is 3.92. The van der Waals surface area contributed by atoms with Crippen molar-refractivity contribution in [2.24, 2.45) is 0 Å². The highest BCUT2D eigenvalue weighted by Gasteiger charge is 2.41. The predicted molar refractivity (Wildman–Crippen MR) is 120 cm³/mol. The van der Waals surface area contributed by atoms with Crippen LogP contribution >= 0.6 is 15.9 Å². The molecule has 0 amide bonds. The first-order valence-corrected chi connectivity index (χ1v) is 11.7. The van der Waals surface area contributed by atoms with E-state index in [4.69, 9.17) is 9.47 Å². The summed E-state index contributed by atoms with van der Waals surface area (Å²) in [6.45, 7) is 0.303. The summed E-state index contributed by atoms with van der Waals surface area (Å²) in [7, 11) is 0. The van der Waals surface area contributed by atoms with Crippen molar-refractivity contribution in [3.63, 3.8) is 0 Å². The molecule has 0 fully saturated rings. The number of benzene rings is 2. The number of hydrogen-bond acceptors (Lipinski definition) is 4. The van der Waals surface area contributed by atoms with E-state index in [1.165, 1.54) is 12.1 Å². The number of allylic oxidation sites excluding steroid dienone is 4. The summed E-state index contributed by atoms with van der Waals surface area (Å²) in [5.74, 6) is 1.55. The van der Waals surface area contributed by atoms with E-state index in [2.05, 4.69) is 15.9 Å². The van der Waals surface area contributed by atoms with Gasteiger partial charge in [-0.2, -0.15) is 0 Å². The summed E-state index contributed by atoms with van der Waals surface area (Å²) < 4.78 is 25.8. The van der Waals surface area contributed by atoms with E-state index in [0.717, 1.165) is 52.8 Å². The number of halogens is 2. The summed E-state index contributed by atoms with van der Waals surface area (Å²) in [4.78, 5) is 25.8. The molecule has 4 nitrogen and oxygen atoms in total. The number of hydrogen-bond donors (Lipinski definition) is 0. The number of carbonyl (C=O) groups is 2. The average molecular weight is 497 g/mol. The van der Waals surface area contributed by atoms with E-state index in [1.807, 2.05) is 18.2 Å². The van der Waals surface area contributed by atoms with Crippen molar-refractivity contribution in [3.8, 4) is 5.75 Å². The van der Waals surface area contributed by atoms with Gasteiger partial charge in [0.2, 0.25) is 0 Å². The van der Waals surface area contributed by atoms with E-state index in [1.54, 1.807) is 12.1 Å². The fourth-order valence-electron chi connectivity index (χ4n) is 4.71. The molecule has 1 aliphatic heterocycles. The number of Topliss-reactive ketones (excluding diaryl/α,β-unsaturated/α-hetero) is 2. The molecule has 0 N–H and O–H groups in total. The minimum atomic E-state index is -0.392. The number of rotatable bonds is 4. The van der Waals surface area contributed by atoms with Crippen LogP contribution in [-0.2, 0) is 20.9 Å². The zero-order valence-electron chi connectivity index (χ0n) is 17.5. The Kier molecular flexibility index (Phi) is 5.72. The molecule has 3 aliphatic rings. The van der Waals surface area contributed by atoms with Gasteiger partial charge in [-0.25, -0.2) is 4.39 Å². The predicted octanol–water partition coefficient (Wildman–Crippen LogP) is 6.30. The summed E-state index contributed by atoms with van der Waals surface area (Å²) in [5, 5.41) is 0. The van der Waals surface area contributed by atoms with E-state index in [-0.39, 0.29) is 17.4 Å². The molecule has 0 bridgehead atoms. The van der Waals surface area contributed by atoms with Gasteiger partial charge in [-0.05, 0) is 64.2 Å². The molecule has 0 radical (unpaired) electrons. The third-order valence-corrected chi connectivity index (χ3v) is 6.86. The minimum absolute atomic E-state index is 0.0638. The van der Waals surface area contributed by atoms with Crippen LogP contribution in [0.2, 0.25) is 0 Å². The van der Waals surface area contributed by atoms with Gasteiger partial charge in [0.25, 0.3) is 0 Å². The normalized spacial score (nSPS) is 18.9. The van der Waals surface area contributed by atoms with Crippen molar-refractivity contribution in [1.29, 1.82) is 0 Å². The molecule has 6 heteroatoms. The van der Waals surface area contributed by atoms with E-state index in [0.29, 0.717) is 36.3 Å². The van der Waals surface area contributed by atoms with Crippen LogP contribution in [0.3, 0.4) is 0 Å². The minimum Gasteiger partial charge on any atom is -0.488 e. The first kappa shape index (κ1) is 21.1. The Morgan fingerprint density at radius 2 is 1.53 bits per heavy atom. The molecule has 164 valence electrons. The number of carbonyl (C=O) groups excluding carboxylic acids is 2.